The predicted octanol–water partition coefficient (Wildman–Crippen LogP) is 0.952. The Morgan fingerprint density at radius 2 is 2.00 bits per heavy atom. The van der Waals surface area contributed by atoms with Crippen LogP contribution in [0.5, 0.6) is 0 Å². The second-order valence-corrected chi connectivity index (χ2v) is 5.68. The molecule has 0 saturated heterocycles. The molecule has 12 heavy (non-hydrogen) atoms. The van der Waals surface area contributed by atoms with Crippen molar-refractivity contribution in [2.24, 2.45) is 5.50 Å². The van der Waals surface area contributed by atoms with Crippen LogP contribution < -0.4 is 10.6 Å². The number of nitrogens with one attached hydrogen (secondary N) is 1. The maximum absolute atomic E-state index is 9.07. The molecule has 1 aromatic carbocycles. The van der Waals surface area contributed by atoms with Crippen molar-refractivity contribution in [2.45, 2.75) is 6.54 Å². The van der Waals surface area contributed by atoms with Crippen LogP contribution in [-0.4, -0.2) is 4.89 Å². The first kappa shape index (κ1) is 9.84. The molecule has 0 fully saturated rings. The van der Waals surface area contributed by atoms with Crippen molar-refractivity contribution in [2.75, 3.05) is 0 Å². The largest absolute Gasteiger partial charge is 0.343 e. The van der Waals surface area contributed by atoms with E-state index in [1.165, 1.54) is 0 Å². The van der Waals surface area contributed by atoms with Crippen molar-refractivity contribution in [3.63, 3.8) is 0 Å². The Hall–Kier alpha value is -0.250. The molecular formula is C7H11N2OPS. The molecule has 0 aromatic heterocycles. The Balaban J connectivity index is 2.50. The number of hydrogen-bond acceptors (Lipinski definition) is 1. The van der Waals surface area contributed by atoms with Gasteiger partial charge in [0.2, 0.25) is 0 Å². The molecule has 1 rings (SSSR count). The quantitative estimate of drug-likeness (QED) is 0.639. The SMILES string of the molecule is NP(O)(=S)NCc1ccccc1. The number of nitrogens with two attached hydrogens (primary N) is 1. The van der Waals surface area contributed by atoms with E-state index in [2.05, 4.69) is 16.9 Å². The molecule has 4 N–H and O–H groups in total. The maximum Gasteiger partial charge on any atom is 0.193 e. The van der Waals surface area contributed by atoms with Crippen molar-refractivity contribution < 1.29 is 4.89 Å². The van der Waals surface area contributed by atoms with Crippen LogP contribution in [0.1, 0.15) is 5.56 Å². The second-order valence-electron chi connectivity index (χ2n) is 2.44. The first-order valence-electron chi connectivity index (χ1n) is 3.48. The van der Waals surface area contributed by atoms with Crippen LogP contribution in [-0.2, 0) is 18.4 Å². The van der Waals surface area contributed by atoms with Crippen LogP contribution in [0.3, 0.4) is 0 Å². The molecule has 1 aromatic rings. The fraction of sp³-hybridized carbons (Fsp3) is 0.143. The summed E-state index contributed by atoms with van der Waals surface area (Å²) in [6.45, 7) is -2.23. The van der Waals surface area contributed by atoms with E-state index in [-0.39, 0.29) is 0 Å². The zero-order valence-electron chi connectivity index (χ0n) is 6.47. The van der Waals surface area contributed by atoms with E-state index >= 15 is 0 Å². The van der Waals surface area contributed by atoms with Crippen LogP contribution in [0.25, 0.3) is 0 Å². The van der Waals surface area contributed by atoms with Crippen molar-refractivity contribution in [1.82, 2.24) is 5.09 Å². The average molecular weight is 202 g/mol. The Kier molecular flexibility index (Phi) is 3.38. The van der Waals surface area contributed by atoms with Crippen LogP contribution in [0.2, 0.25) is 0 Å². The van der Waals surface area contributed by atoms with Crippen molar-refractivity contribution in [3.05, 3.63) is 35.9 Å². The number of hydrogen-bond donors (Lipinski definition) is 3. The highest BCUT2D eigenvalue weighted by atomic mass is 32.4. The molecule has 0 aliphatic carbocycles. The minimum Gasteiger partial charge on any atom is -0.343 e. The van der Waals surface area contributed by atoms with E-state index < -0.39 is 6.57 Å². The van der Waals surface area contributed by atoms with E-state index in [0.717, 1.165) is 5.56 Å². The highest BCUT2D eigenvalue weighted by Gasteiger charge is 2.02. The summed E-state index contributed by atoms with van der Waals surface area (Å²) in [6, 6.07) is 9.67. The maximum atomic E-state index is 9.07. The van der Waals surface area contributed by atoms with E-state index in [1.807, 2.05) is 30.3 Å². The normalized spacial score (nSPS) is 15.5. The molecule has 0 saturated carbocycles. The highest BCUT2D eigenvalue weighted by molar-refractivity contribution is 8.09. The van der Waals surface area contributed by atoms with E-state index in [4.69, 9.17) is 10.4 Å². The van der Waals surface area contributed by atoms with Gasteiger partial charge in [-0.1, -0.05) is 30.3 Å². The molecule has 0 spiro atoms. The van der Waals surface area contributed by atoms with Crippen molar-refractivity contribution in [1.29, 1.82) is 0 Å². The van der Waals surface area contributed by atoms with Gasteiger partial charge in [0.25, 0.3) is 0 Å². The molecule has 3 nitrogen and oxygen atoms in total. The molecular weight excluding hydrogens is 191 g/mol. The third-order valence-electron chi connectivity index (χ3n) is 1.35. The first-order valence-corrected chi connectivity index (χ1v) is 6.31. The van der Waals surface area contributed by atoms with E-state index in [9.17, 15) is 0 Å². The van der Waals surface area contributed by atoms with Gasteiger partial charge >= 0.3 is 0 Å². The molecule has 66 valence electrons. The van der Waals surface area contributed by atoms with Gasteiger partial charge in [0.1, 0.15) is 0 Å². The molecule has 5 heteroatoms. The van der Waals surface area contributed by atoms with Gasteiger partial charge in [-0.15, -0.1) is 0 Å². The lowest BCUT2D eigenvalue weighted by atomic mass is 10.2. The summed E-state index contributed by atoms with van der Waals surface area (Å²) in [6.07, 6.45) is 0. The van der Waals surface area contributed by atoms with Gasteiger partial charge < -0.3 is 4.89 Å². The summed E-state index contributed by atoms with van der Waals surface area (Å²) in [4.78, 5) is 9.07. The standard InChI is InChI=1S/C7H11N2OPS/c8-11(10,12)9-6-7-4-2-1-3-5-7/h1-5H,6H2,(H4,8,9,10,12). The van der Waals surface area contributed by atoms with Gasteiger partial charge in [-0.2, -0.15) is 0 Å². The van der Waals surface area contributed by atoms with Gasteiger partial charge in [0.15, 0.2) is 6.57 Å². The molecule has 0 bridgehead atoms. The molecule has 0 aliphatic heterocycles. The van der Waals surface area contributed by atoms with Crippen molar-refractivity contribution >= 4 is 18.4 Å². The fourth-order valence-electron chi connectivity index (χ4n) is 0.800. The lowest BCUT2D eigenvalue weighted by molar-refractivity contribution is 0.603. The number of rotatable bonds is 3. The molecule has 0 radical (unpaired) electrons. The lowest BCUT2D eigenvalue weighted by Crippen LogP contribution is -2.14. The van der Waals surface area contributed by atoms with E-state index in [0.29, 0.717) is 6.54 Å². The molecule has 1 atom stereocenters. The fourth-order valence-corrected chi connectivity index (χ4v) is 1.40. The smallest absolute Gasteiger partial charge is 0.193 e. The second kappa shape index (κ2) is 4.12. The van der Waals surface area contributed by atoms with E-state index in [1.54, 1.807) is 0 Å². The molecule has 0 heterocycles. The van der Waals surface area contributed by atoms with Gasteiger partial charge in [-0.05, 0) is 17.4 Å². The summed E-state index contributed by atoms with van der Waals surface area (Å²) in [5, 5.41) is 2.70. The zero-order chi connectivity index (χ0) is 9.03. The summed E-state index contributed by atoms with van der Waals surface area (Å²) < 4.78 is 0. The Morgan fingerprint density at radius 1 is 1.42 bits per heavy atom. The van der Waals surface area contributed by atoms with Crippen LogP contribution in [0.4, 0.5) is 0 Å². The van der Waals surface area contributed by atoms with Gasteiger partial charge in [-0.25, -0.2) is 0 Å². The van der Waals surface area contributed by atoms with Gasteiger partial charge in [-0.3, -0.25) is 10.6 Å². The third-order valence-corrected chi connectivity index (χ3v) is 2.35. The molecule has 1 unspecified atom stereocenters. The summed E-state index contributed by atoms with van der Waals surface area (Å²) >= 11 is 4.62. The van der Waals surface area contributed by atoms with Crippen LogP contribution in [0.15, 0.2) is 30.3 Å². The van der Waals surface area contributed by atoms with Crippen LogP contribution >= 0.6 is 6.57 Å². The monoisotopic (exact) mass is 202 g/mol. The Bertz CT molecular complexity index is 285. The minimum absolute atomic E-state index is 0.519. The number of benzene rings is 1. The highest BCUT2D eigenvalue weighted by Crippen LogP contribution is 2.23. The summed E-state index contributed by atoms with van der Waals surface area (Å²) in [7, 11) is 0. The topological polar surface area (TPSA) is 58.3 Å². The molecule has 0 aliphatic rings. The van der Waals surface area contributed by atoms with Crippen molar-refractivity contribution in [3.8, 4) is 0 Å². The zero-order valence-corrected chi connectivity index (χ0v) is 8.18. The lowest BCUT2D eigenvalue weighted by Gasteiger charge is -2.10. The average Bonchev–Trinajstić information content (AvgIpc) is 2.02. The van der Waals surface area contributed by atoms with Gasteiger partial charge in [0.05, 0.1) is 0 Å². The predicted molar refractivity (Wildman–Crippen MR) is 54.0 cm³/mol. The van der Waals surface area contributed by atoms with Crippen LogP contribution in [0, 0.1) is 0 Å². The Morgan fingerprint density at radius 3 is 2.50 bits per heavy atom. The third kappa shape index (κ3) is 3.95. The Labute approximate surface area is 76.8 Å². The van der Waals surface area contributed by atoms with Gasteiger partial charge in [0, 0.05) is 6.54 Å². The summed E-state index contributed by atoms with van der Waals surface area (Å²) in [5.41, 5.74) is 6.31. The summed E-state index contributed by atoms with van der Waals surface area (Å²) in [5.74, 6) is 0. The first-order chi connectivity index (χ1) is 5.58. The molecule has 0 amide bonds. The minimum atomic E-state index is -2.75.